The molecule has 0 heterocycles. The standard InChI is InChI=1S/C28H40O5.C6H19NSi2.Li.H/c1-19(7-5-6-14-29)23-16-25-22(21-9-8-20(15-24(21)23)32-17-30-3)12-13-28(2)26(25)10-11-27(28)33-18-31-4;1-8(2,3)7-9(4,5)6;;/h5-9,15,22-23,25-27,29H,10-14,16-18H2,1-4H3;7H,1-6H3;;/t22-,23-,25-,26+,27+,28+;;;/m1.../s1. The van der Waals surface area contributed by atoms with Gasteiger partial charge in [0.15, 0.2) is 6.79 Å². The van der Waals surface area contributed by atoms with Crippen LogP contribution in [0.3, 0.4) is 0 Å². The fourth-order valence-electron chi connectivity index (χ4n) is 8.14. The molecule has 3 aliphatic carbocycles. The summed E-state index contributed by atoms with van der Waals surface area (Å²) in [4.78, 5) is 0. The molecule has 4 rings (SSSR count). The average Bonchev–Trinajstić information content (AvgIpc) is 3.24. The number of hydrogen-bond donors (Lipinski definition) is 2. The summed E-state index contributed by atoms with van der Waals surface area (Å²) < 4.78 is 26.1. The van der Waals surface area contributed by atoms with Crippen LogP contribution in [0.15, 0.2) is 42.0 Å². The van der Waals surface area contributed by atoms with Crippen molar-refractivity contribution in [2.45, 2.75) is 103 Å². The van der Waals surface area contributed by atoms with Gasteiger partial charge in [-0.05, 0) is 85.5 Å². The van der Waals surface area contributed by atoms with Crippen molar-refractivity contribution in [3.63, 3.8) is 0 Å². The molecule has 0 saturated heterocycles. The van der Waals surface area contributed by atoms with E-state index < -0.39 is 16.5 Å². The third kappa shape index (κ3) is 10.4. The van der Waals surface area contributed by atoms with E-state index in [2.05, 4.69) is 82.1 Å². The molecule has 1 aromatic carbocycles. The number of rotatable bonds is 11. The molecule has 43 heavy (non-hydrogen) atoms. The van der Waals surface area contributed by atoms with E-state index >= 15 is 0 Å². The molecular weight excluding hydrogens is 565 g/mol. The Morgan fingerprint density at radius 1 is 1.00 bits per heavy atom. The molecule has 0 radical (unpaired) electrons. The Hall–Kier alpha value is -0.669. The van der Waals surface area contributed by atoms with Crippen LogP contribution in [0.5, 0.6) is 5.75 Å². The Morgan fingerprint density at radius 3 is 2.26 bits per heavy atom. The van der Waals surface area contributed by atoms with E-state index in [1.165, 1.54) is 36.0 Å². The van der Waals surface area contributed by atoms with Crippen LogP contribution in [0.1, 0.15) is 68.9 Å². The fraction of sp³-hybridized carbons (Fsp3) is 0.706. The molecule has 3 aliphatic rings. The molecule has 2 fully saturated rings. The average molecular weight is 626 g/mol. The number of nitrogens with one attached hydrogen (secondary N) is 1. The molecule has 0 aliphatic heterocycles. The van der Waals surface area contributed by atoms with E-state index in [-0.39, 0.29) is 43.8 Å². The number of aliphatic hydroxyl groups is 1. The van der Waals surface area contributed by atoms with Crippen LogP contribution in [0.25, 0.3) is 0 Å². The van der Waals surface area contributed by atoms with Gasteiger partial charge in [-0.25, -0.2) is 0 Å². The quantitative estimate of drug-likeness (QED) is 0.155. The van der Waals surface area contributed by atoms with Crippen LogP contribution in [0, 0.1) is 17.3 Å². The number of hydrogen-bond acceptors (Lipinski definition) is 6. The molecule has 1 aromatic rings. The maximum atomic E-state index is 9.17. The Morgan fingerprint density at radius 2 is 1.67 bits per heavy atom. The van der Waals surface area contributed by atoms with Crippen LogP contribution >= 0.6 is 0 Å². The normalized spacial score (nSPS) is 28.7. The summed E-state index contributed by atoms with van der Waals surface area (Å²) in [7, 11) is 1.40. The molecule has 2 saturated carbocycles. The van der Waals surface area contributed by atoms with Crippen molar-refractivity contribution in [1.82, 2.24) is 4.65 Å². The molecule has 240 valence electrons. The van der Waals surface area contributed by atoms with Crippen molar-refractivity contribution in [2.24, 2.45) is 17.3 Å². The van der Waals surface area contributed by atoms with Gasteiger partial charge < -0.3 is 28.7 Å². The van der Waals surface area contributed by atoms with Gasteiger partial charge in [-0.15, -0.1) is 0 Å². The molecule has 6 nitrogen and oxygen atoms in total. The van der Waals surface area contributed by atoms with Gasteiger partial charge in [-0.1, -0.05) is 76.1 Å². The number of fused-ring (bicyclic) bond motifs is 5. The van der Waals surface area contributed by atoms with E-state index in [4.69, 9.17) is 18.9 Å². The van der Waals surface area contributed by atoms with Crippen molar-refractivity contribution in [2.75, 3.05) is 34.4 Å². The Bertz CT molecular complexity index is 1060. The summed E-state index contributed by atoms with van der Waals surface area (Å²) >= 11 is 0. The predicted octanol–water partition coefficient (Wildman–Crippen LogP) is 7.15. The van der Waals surface area contributed by atoms with Gasteiger partial charge in [0.2, 0.25) is 0 Å². The molecular formula is C34H60LiNO5Si2. The SMILES string of the molecule is COCOc1ccc2c(c1)[C@@H](C(C)=CC=CCO)C[C@@H]1[C@@H]2CC[C@]2(C)[C@@H](OCOC)CC[C@@H]12.C[Si](C)(C)N[Si](C)(C)C.[LiH]. The first-order valence-corrected chi connectivity index (χ1v) is 22.8. The van der Waals surface area contributed by atoms with Crippen LogP contribution < -0.4 is 9.38 Å². The zero-order chi connectivity index (χ0) is 31.1. The molecule has 0 bridgehead atoms. The van der Waals surface area contributed by atoms with Gasteiger partial charge in [0, 0.05) is 20.1 Å². The zero-order valence-electron chi connectivity index (χ0n) is 28.1. The molecule has 0 spiro atoms. The maximum absolute atomic E-state index is 9.17. The van der Waals surface area contributed by atoms with Crippen LogP contribution in [-0.2, 0) is 14.2 Å². The van der Waals surface area contributed by atoms with Gasteiger partial charge >= 0.3 is 18.9 Å². The van der Waals surface area contributed by atoms with E-state index in [1.54, 1.807) is 20.3 Å². The second-order valence-electron chi connectivity index (χ2n) is 14.8. The van der Waals surface area contributed by atoms with E-state index in [0.29, 0.717) is 30.5 Å². The summed E-state index contributed by atoms with van der Waals surface area (Å²) in [6, 6.07) is 6.64. The minimum absolute atomic E-state index is 0. The zero-order valence-corrected chi connectivity index (χ0v) is 30.1. The number of ether oxygens (including phenoxy) is 4. The van der Waals surface area contributed by atoms with Crippen molar-refractivity contribution < 1.29 is 24.1 Å². The van der Waals surface area contributed by atoms with Gasteiger partial charge in [0.05, 0.1) is 12.7 Å². The molecule has 2 N–H and O–H groups in total. The second-order valence-corrected chi connectivity index (χ2v) is 24.8. The predicted molar refractivity (Wildman–Crippen MR) is 186 cm³/mol. The number of aliphatic hydroxyl groups excluding tert-OH is 1. The number of methoxy groups -OCH3 is 2. The topological polar surface area (TPSA) is 69.2 Å². The van der Waals surface area contributed by atoms with Gasteiger partial charge in [-0.3, -0.25) is 0 Å². The second kappa shape index (κ2) is 16.8. The van der Waals surface area contributed by atoms with Gasteiger partial charge in [-0.2, -0.15) is 0 Å². The first-order chi connectivity index (χ1) is 19.7. The third-order valence-electron chi connectivity index (χ3n) is 9.32. The van der Waals surface area contributed by atoms with E-state index in [1.807, 2.05) is 6.08 Å². The van der Waals surface area contributed by atoms with Crippen molar-refractivity contribution in [3.05, 3.63) is 53.1 Å². The van der Waals surface area contributed by atoms with Crippen molar-refractivity contribution in [3.8, 4) is 5.75 Å². The minimum atomic E-state index is -0.981. The molecule has 0 unspecified atom stereocenters. The summed E-state index contributed by atoms with van der Waals surface area (Å²) in [5, 5.41) is 9.17. The number of allylic oxidation sites excluding steroid dienone is 3. The Balaban J connectivity index is 0.000000563. The van der Waals surface area contributed by atoms with Crippen molar-refractivity contribution in [1.29, 1.82) is 0 Å². The first kappa shape index (κ1) is 38.5. The summed E-state index contributed by atoms with van der Waals surface area (Å²) in [5.74, 6) is 3.12. The number of benzene rings is 1. The fourth-order valence-corrected chi connectivity index (χ4v) is 17.1. The molecule has 9 heteroatoms. The van der Waals surface area contributed by atoms with Crippen LogP contribution in [0.2, 0.25) is 39.3 Å². The van der Waals surface area contributed by atoms with Crippen LogP contribution in [0.4, 0.5) is 0 Å². The summed E-state index contributed by atoms with van der Waals surface area (Å²) in [6.07, 6.45) is 12.1. The Kier molecular flexibility index (Phi) is 15.0. The summed E-state index contributed by atoms with van der Waals surface area (Å²) in [6.45, 7) is 19.5. The monoisotopic (exact) mass is 625 g/mol. The first-order valence-electron chi connectivity index (χ1n) is 15.8. The van der Waals surface area contributed by atoms with Gasteiger partial charge in [0.1, 0.15) is 29.0 Å². The Labute approximate surface area is 276 Å². The van der Waals surface area contributed by atoms with E-state index in [9.17, 15) is 5.11 Å². The van der Waals surface area contributed by atoms with Crippen molar-refractivity contribution >= 4 is 35.3 Å². The van der Waals surface area contributed by atoms with E-state index in [0.717, 1.165) is 18.6 Å². The summed E-state index contributed by atoms with van der Waals surface area (Å²) in [5.41, 5.74) is 4.44. The molecule has 0 aromatic heterocycles. The third-order valence-corrected chi connectivity index (χ3v) is 15.3. The van der Waals surface area contributed by atoms with Crippen LogP contribution in [-0.4, -0.2) is 81.0 Å². The molecule has 6 atom stereocenters. The molecule has 0 amide bonds. The van der Waals surface area contributed by atoms with Gasteiger partial charge in [0.25, 0.3) is 0 Å².